The van der Waals surface area contributed by atoms with E-state index >= 15 is 0 Å². The fourth-order valence-corrected chi connectivity index (χ4v) is 3.28. The Morgan fingerprint density at radius 2 is 1.92 bits per heavy atom. The molecule has 1 aliphatic carbocycles. The molecule has 136 valence electrons. The van der Waals surface area contributed by atoms with Crippen LogP contribution in [0.1, 0.15) is 37.8 Å². The number of rotatable bonds is 3. The van der Waals surface area contributed by atoms with Gasteiger partial charge in [0, 0.05) is 31.1 Å². The van der Waals surface area contributed by atoms with Crippen LogP contribution in [0.3, 0.4) is 0 Å². The number of carbonyl (C=O) groups is 1. The van der Waals surface area contributed by atoms with Crippen LogP contribution in [-0.4, -0.2) is 35.0 Å². The molecule has 1 aromatic heterocycles. The average molecular weight is 354 g/mol. The van der Waals surface area contributed by atoms with E-state index in [2.05, 4.69) is 21.4 Å². The minimum atomic E-state index is -4.47. The van der Waals surface area contributed by atoms with E-state index in [1.165, 1.54) is 0 Å². The summed E-state index contributed by atoms with van der Waals surface area (Å²) in [5, 5.41) is 3.08. The van der Waals surface area contributed by atoms with Gasteiger partial charge in [0.2, 0.25) is 5.91 Å². The molecular weight excluding hydrogens is 333 g/mol. The first-order chi connectivity index (χ1) is 11.9. The van der Waals surface area contributed by atoms with E-state index in [-0.39, 0.29) is 23.7 Å². The first kappa shape index (κ1) is 17.7. The molecule has 0 aromatic carbocycles. The molecule has 1 amide bonds. The van der Waals surface area contributed by atoms with Crippen molar-refractivity contribution < 1.29 is 18.0 Å². The first-order valence-corrected chi connectivity index (χ1v) is 8.53. The Labute approximate surface area is 144 Å². The van der Waals surface area contributed by atoms with Crippen LogP contribution in [0.5, 0.6) is 0 Å². The third-order valence-corrected chi connectivity index (χ3v) is 4.75. The van der Waals surface area contributed by atoms with Crippen LogP contribution in [-0.2, 0) is 11.0 Å². The SMILES string of the molecule is O=C(NC1CCN(c2cc(C(F)(F)F)ncn2)CC1)C1CC=CCC1. The number of piperidine rings is 1. The molecule has 0 spiro atoms. The Balaban J connectivity index is 1.53. The summed E-state index contributed by atoms with van der Waals surface area (Å²) in [5.74, 6) is 0.410. The van der Waals surface area contributed by atoms with Gasteiger partial charge in [0.15, 0.2) is 0 Å². The number of hydrogen-bond acceptors (Lipinski definition) is 4. The second-order valence-electron chi connectivity index (χ2n) is 6.51. The van der Waals surface area contributed by atoms with Gasteiger partial charge in [0.05, 0.1) is 0 Å². The minimum Gasteiger partial charge on any atom is -0.356 e. The monoisotopic (exact) mass is 354 g/mol. The number of allylic oxidation sites excluding steroid dienone is 2. The van der Waals surface area contributed by atoms with Crippen LogP contribution in [0.2, 0.25) is 0 Å². The molecular formula is C17H21F3N4O. The summed E-state index contributed by atoms with van der Waals surface area (Å²) in [6, 6.07) is 1.05. The molecule has 1 aliphatic heterocycles. The second-order valence-corrected chi connectivity index (χ2v) is 6.51. The van der Waals surface area contributed by atoms with Gasteiger partial charge in [-0.25, -0.2) is 9.97 Å². The lowest BCUT2D eigenvalue weighted by molar-refractivity contribution is -0.141. The summed E-state index contributed by atoms with van der Waals surface area (Å²) in [6.45, 7) is 1.12. The van der Waals surface area contributed by atoms with E-state index in [0.717, 1.165) is 31.7 Å². The van der Waals surface area contributed by atoms with Crippen molar-refractivity contribution in [3.63, 3.8) is 0 Å². The van der Waals surface area contributed by atoms with Gasteiger partial charge in [-0.3, -0.25) is 4.79 Å². The smallest absolute Gasteiger partial charge is 0.356 e. The second kappa shape index (κ2) is 7.41. The van der Waals surface area contributed by atoms with Crippen molar-refractivity contribution in [1.29, 1.82) is 0 Å². The van der Waals surface area contributed by atoms with Crippen molar-refractivity contribution >= 4 is 11.7 Å². The largest absolute Gasteiger partial charge is 0.433 e. The molecule has 3 rings (SSSR count). The van der Waals surface area contributed by atoms with Crippen molar-refractivity contribution in [3.8, 4) is 0 Å². The Morgan fingerprint density at radius 3 is 2.56 bits per heavy atom. The number of halogens is 3. The molecule has 1 N–H and O–H groups in total. The summed E-state index contributed by atoms with van der Waals surface area (Å²) in [6.07, 6.45) is 4.60. The maximum absolute atomic E-state index is 12.8. The molecule has 1 atom stereocenters. The molecule has 0 radical (unpaired) electrons. The number of anilines is 1. The Bertz CT molecular complexity index is 639. The highest BCUT2D eigenvalue weighted by Crippen LogP contribution is 2.29. The summed E-state index contributed by atoms with van der Waals surface area (Å²) >= 11 is 0. The van der Waals surface area contributed by atoms with E-state index in [0.29, 0.717) is 25.9 Å². The lowest BCUT2D eigenvalue weighted by atomic mass is 9.93. The molecule has 1 unspecified atom stereocenters. The van der Waals surface area contributed by atoms with Crippen LogP contribution in [0.15, 0.2) is 24.5 Å². The number of alkyl halides is 3. The van der Waals surface area contributed by atoms with Crippen molar-refractivity contribution in [2.24, 2.45) is 5.92 Å². The van der Waals surface area contributed by atoms with Crippen molar-refractivity contribution in [3.05, 3.63) is 30.2 Å². The predicted molar refractivity (Wildman–Crippen MR) is 86.9 cm³/mol. The molecule has 5 nitrogen and oxygen atoms in total. The summed E-state index contributed by atoms with van der Waals surface area (Å²) in [4.78, 5) is 21.3. The summed E-state index contributed by atoms with van der Waals surface area (Å²) in [5.41, 5.74) is -0.932. The standard InChI is InChI=1S/C17H21F3N4O/c18-17(19,20)14-10-15(22-11-21-14)24-8-6-13(7-9-24)23-16(25)12-4-2-1-3-5-12/h1-2,10-13H,3-9H2,(H,23,25). The van der Waals surface area contributed by atoms with Gasteiger partial charge in [0.1, 0.15) is 17.8 Å². The fourth-order valence-electron chi connectivity index (χ4n) is 3.28. The Kier molecular flexibility index (Phi) is 5.24. The molecule has 2 heterocycles. The van der Waals surface area contributed by atoms with Crippen molar-refractivity contribution in [2.75, 3.05) is 18.0 Å². The topological polar surface area (TPSA) is 58.1 Å². The highest BCUT2D eigenvalue weighted by Gasteiger charge is 2.33. The van der Waals surface area contributed by atoms with E-state index < -0.39 is 11.9 Å². The van der Waals surface area contributed by atoms with Gasteiger partial charge < -0.3 is 10.2 Å². The zero-order valence-electron chi connectivity index (χ0n) is 13.8. The summed E-state index contributed by atoms with van der Waals surface area (Å²) < 4.78 is 38.3. The van der Waals surface area contributed by atoms with Gasteiger partial charge in [-0.2, -0.15) is 13.2 Å². The zero-order valence-corrected chi connectivity index (χ0v) is 13.8. The number of nitrogens with zero attached hydrogens (tertiary/aromatic N) is 3. The third kappa shape index (κ3) is 4.49. The van der Waals surface area contributed by atoms with Gasteiger partial charge in [-0.1, -0.05) is 12.2 Å². The predicted octanol–water partition coefficient (Wildman–Crippen LogP) is 2.94. The maximum Gasteiger partial charge on any atom is 0.433 e. The van der Waals surface area contributed by atoms with Crippen LogP contribution in [0.4, 0.5) is 19.0 Å². The molecule has 2 aliphatic rings. The Hall–Kier alpha value is -2.12. The van der Waals surface area contributed by atoms with Crippen LogP contribution in [0, 0.1) is 5.92 Å². The highest BCUT2D eigenvalue weighted by atomic mass is 19.4. The molecule has 1 fully saturated rings. The lowest BCUT2D eigenvalue weighted by Crippen LogP contribution is -2.46. The van der Waals surface area contributed by atoms with Crippen molar-refractivity contribution in [1.82, 2.24) is 15.3 Å². The summed E-state index contributed by atoms with van der Waals surface area (Å²) in [7, 11) is 0. The van der Waals surface area contributed by atoms with Crippen LogP contribution < -0.4 is 10.2 Å². The quantitative estimate of drug-likeness (QED) is 0.848. The van der Waals surface area contributed by atoms with Crippen molar-refractivity contribution in [2.45, 2.75) is 44.3 Å². The van der Waals surface area contributed by atoms with Gasteiger partial charge in [-0.15, -0.1) is 0 Å². The van der Waals surface area contributed by atoms with E-state index in [4.69, 9.17) is 0 Å². The number of nitrogens with one attached hydrogen (secondary N) is 1. The number of carbonyl (C=O) groups excluding carboxylic acids is 1. The average Bonchev–Trinajstić information content (AvgIpc) is 2.62. The highest BCUT2D eigenvalue weighted by molar-refractivity contribution is 5.79. The number of hydrogen-bond donors (Lipinski definition) is 1. The Morgan fingerprint density at radius 1 is 1.16 bits per heavy atom. The third-order valence-electron chi connectivity index (χ3n) is 4.75. The molecule has 8 heteroatoms. The molecule has 1 aromatic rings. The maximum atomic E-state index is 12.8. The molecule has 0 saturated carbocycles. The van der Waals surface area contributed by atoms with E-state index in [1.807, 2.05) is 11.0 Å². The normalized spacial score (nSPS) is 22.0. The minimum absolute atomic E-state index is 0.0410. The molecule has 0 bridgehead atoms. The van der Waals surface area contributed by atoms with E-state index in [1.54, 1.807) is 0 Å². The van der Waals surface area contributed by atoms with Gasteiger partial charge in [-0.05, 0) is 32.1 Å². The number of aromatic nitrogens is 2. The van der Waals surface area contributed by atoms with E-state index in [9.17, 15) is 18.0 Å². The number of amides is 1. The molecule has 1 saturated heterocycles. The lowest BCUT2D eigenvalue weighted by Gasteiger charge is -2.34. The zero-order chi connectivity index (χ0) is 17.9. The first-order valence-electron chi connectivity index (χ1n) is 8.53. The van der Waals surface area contributed by atoms with Gasteiger partial charge >= 0.3 is 6.18 Å². The van der Waals surface area contributed by atoms with Gasteiger partial charge in [0.25, 0.3) is 0 Å². The van der Waals surface area contributed by atoms with Crippen LogP contribution in [0.25, 0.3) is 0 Å². The fraction of sp³-hybridized carbons (Fsp3) is 0.588. The van der Waals surface area contributed by atoms with Crippen LogP contribution >= 0.6 is 0 Å². The molecule has 25 heavy (non-hydrogen) atoms.